The van der Waals surface area contributed by atoms with Gasteiger partial charge < -0.3 is 9.84 Å². The van der Waals surface area contributed by atoms with E-state index in [0.29, 0.717) is 13.0 Å². The van der Waals surface area contributed by atoms with E-state index in [4.69, 9.17) is 4.74 Å². The van der Waals surface area contributed by atoms with Crippen molar-refractivity contribution in [1.29, 1.82) is 0 Å². The van der Waals surface area contributed by atoms with Crippen molar-refractivity contribution in [1.82, 2.24) is 0 Å². The molecular formula is C20H25FO2. The molecule has 2 aromatic carbocycles. The minimum absolute atomic E-state index is 0.0406. The van der Waals surface area contributed by atoms with Crippen LogP contribution in [0, 0.1) is 13.8 Å². The minimum Gasteiger partial charge on any atom is -0.493 e. The van der Waals surface area contributed by atoms with E-state index in [-0.39, 0.29) is 6.61 Å². The molecule has 2 rings (SSSR count). The van der Waals surface area contributed by atoms with Crippen LogP contribution in [0.4, 0.5) is 4.39 Å². The average molecular weight is 316 g/mol. The number of aryl methyl sites for hydroxylation is 1. The van der Waals surface area contributed by atoms with Crippen LogP contribution in [0.2, 0.25) is 0 Å². The highest BCUT2D eigenvalue weighted by atomic mass is 19.1. The van der Waals surface area contributed by atoms with Crippen LogP contribution in [0.25, 0.3) is 11.1 Å². The van der Waals surface area contributed by atoms with Crippen LogP contribution in [-0.2, 0) is 6.61 Å². The van der Waals surface area contributed by atoms with Crippen molar-refractivity contribution in [3.63, 3.8) is 0 Å². The molecule has 1 N–H and O–H groups in total. The van der Waals surface area contributed by atoms with Gasteiger partial charge in [0.2, 0.25) is 0 Å². The van der Waals surface area contributed by atoms with E-state index in [2.05, 4.69) is 6.07 Å². The highest BCUT2D eigenvalue weighted by molar-refractivity contribution is 5.72. The monoisotopic (exact) mass is 316 g/mol. The summed E-state index contributed by atoms with van der Waals surface area (Å²) in [5, 5.41) is 9.42. The van der Waals surface area contributed by atoms with Gasteiger partial charge in [0.25, 0.3) is 0 Å². The zero-order valence-corrected chi connectivity index (χ0v) is 14.3. The maximum atomic E-state index is 13.5. The Balaban J connectivity index is 2.20. The van der Waals surface area contributed by atoms with Gasteiger partial charge in [-0.1, -0.05) is 24.3 Å². The fourth-order valence-electron chi connectivity index (χ4n) is 2.59. The number of hydrogen-bond acceptors (Lipinski definition) is 2. The summed E-state index contributed by atoms with van der Waals surface area (Å²) in [5.41, 5.74) is 4.15. The summed E-state index contributed by atoms with van der Waals surface area (Å²) in [4.78, 5) is 0. The largest absolute Gasteiger partial charge is 0.493 e. The third-order valence-electron chi connectivity index (χ3n) is 4.07. The molecule has 0 fully saturated rings. The normalized spacial score (nSPS) is 11.6. The molecule has 124 valence electrons. The second-order valence-corrected chi connectivity index (χ2v) is 6.54. The van der Waals surface area contributed by atoms with E-state index in [1.54, 1.807) is 13.8 Å². The predicted octanol–water partition coefficient (Wildman–Crippen LogP) is 4.98. The Morgan fingerprint density at radius 1 is 1.09 bits per heavy atom. The van der Waals surface area contributed by atoms with Crippen LogP contribution >= 0.6 is 0 Å². The van der Waals surface area contributed by atoms with Crippen LogP contribution in [0.15, 0.2) is 36.4 Å². The molecule has 0 saturated heterocycles. The molecule has 2 aromatic rings. The highest BCUT2D eigenvalue weighted by Crippen LogP contribution is 2.31. The molecule has 23 heavy (non-hydrogen) atoms. The van der Waals surface area contributed by atoms with Gasteiger partial charge in [-0.15, -0.1) is 0 Å². The zero-order valence-electron chi connectivity index (χ0n) is 14.3. The number of halogens is 1. The molecule has 0 aliphatic rings. The number of aliphatic hydroxyl groups is 1. The van der Waals surface area contributed by atoms with E-state index >= 15 is 0 Å². The molecule has 0 heterocycles. The predicted molar refractivity (Wildman–Crippen MR) is 92.6 cm³/mol. The third-order valence-corrected chi connectivity index (χ3v) is 4.07. The van der Waals surface area contributed by atoms with Crippen molar-refractivity contribution in [2.75, 3.05) is 6.61 Å². The first kappa shape index (κ1) is 17.5. The van der Waals surface area contributed by atoms with Gasteiger partial charge >= 0.3 is 0 Å². The van der Waals surface area contributed by atoms with Gasteiger partial charge in [0.05, 0.1) is 13.2 Å². The number of benzene rings is 2. The molecule has 0 saturated carbocycles. The second kappa shape index (κ2) is 7.14. The van der Waals surface area contributed by atoms with Gasteiger partial charge in [-0.3, -0.25) is 0 Å². The van der Waals surface area contributed by atoms with E-state index < -0.39 is 5.67 Å². The molecule has 0 aliphatic carbocycles. The van der Waals surface area contributed by atoms with E-state index in [0.717, 1.165) is 33.6 Å². The van der Waals surface area contributed by atoms with Crippen molar-refractivity contribution < 1.29 is 14.2 Å². The maximum absolute atomic E-state index is 13.5. The first-order valence-corrected chi connectivity index (χ1v) is 7.94. The second-order valence-electron chi connectivity index (χ2n) is 6.54. The Hall–Kier alpha value is -1.87. The van der Waals surface area contributed by atoms with E-state index in [1.165, 1.54) is 0 Å². The number of hydrogen-bond donors (Lipinski definition) is 1. The highest BCUT2D eigenvalue weighted by Gasteiger charge is 2.15. The van der Waals surface area contributed by atoms with Gasteiger partial charge in [0.15, 0.2) is 0 Å². The van der Waals surface area contributed by atoms with Crippen LogP contribution in [-0.4, -0.2) is 17.4 Å². The van der Waals surface area contributed by atoms with Crippen LogP contribution in [0.5, 0.6) is 5.75 Å². The number of aliphatic hydroxyl groups excluding tert-OH is 1. The minimum atomic E-state index is -1.21. The number of ether oxygens (including phenoxy) is 1. The lowest BCUT2D eigenvalue weighted by atomic mass is 9.94. The third kappa shape index (κ3) is 4.55. The SMILES string of the molecule is Cc1cc(OCCC(C)(C)F)ccc1-c1cccc(CO)c1C. The van der Waals surface area contributed by atoms with Gasteiger partial charge in [0, 0.05) is 6.42 Å². The molecule has 0 atom stereocenters. The molecule has 0 amide bonds. The molecule has 0 bridgehead atoms. The molecule has 0 aliphatic heterocycles. The van der Waals surface area contributed by atoms with Crippen molar-refractivity contribution in [2.24, 2.45) is 0 Å². The van der Waals surface area contributed by atoms with Crippen molar-refractivity contribution in [3.05, 3.63) is 53.1 Å². The summed E-state index contributed by atoms with van der Waals surface area (Å²) in [6.07, 6.45) is 0.367. The Morgan fingerprint density at radius 2 is 1.83 bits per heavy atom. The molecule has 0 radical (unpaired) electrons. The summed E-state index contributed by atoms with van der Waals surface area (Å²) in [5.74, 6) is 0.756. The lowest BCUT2D eigenvalue weighted by Gasteiger charge is -2.16. The van der Waals surface area contributed by atoms with Crippen molar-refractivity contribution in [2.45, 2.75) is 46.4 Å². The molecular weight excluding hydrogens is 291 g/mol. The number of rotatable bonds is 6. The lowest BCUT2D eigenvalue weighted by Crippen LogP contribution is -2.16. The molecule has 0 aromatic heterocycles. The summed E-state index contributed by atoms with van der Waals surface area (Å²) in [6, 6.07) is 11.9. The molecule has 3 heteroatoms. The number of alkyl halides is 1. The molecule has 2 nitrogen and oxygen atoms in total. The Labute approximate surface area is 137 Å². The molecule has 0 spiro atoms. The first-order chi connectivity index (χ1) is 10.8. The van der Waals surface area contributed by atoms with Crippen molar-refractivity contribution in [3.8, 4) is 16.9 Å². The summed E-state index contributed by atoms with van der Waals surface area (Å²) in [7, 11) is 0. The summed E-state index contributed by atoms with van der Waals surface area (Å²) < 4.78 is 19.1. The standard InChI is InChI=1S/C20H25FO2/c1-14-12-17(23-11-10-20(3,4)21)8-9-18(14)19-7-5-6-16(13-22)15(19)2/h5-9,12,22H,10-11,13H2,1-4H3. The van der Waals surface area contributed by atoms with E-state index in [9.17, 15) is 9.50 Å². The van der Waals surface area contributed by atoms with Crippen LogP contribution < -0.4 is 4.74 Å². The Kier molecular flexibility index (Phi) is 5.42. The van der Waals surface area contributed by atoms with Crippen LogP contribution in [0.1, 0.15) is 37.0 Å². The average Bonchev–Trinajstić information content (AvgIpc) is 2.47. The Morgan fingerprint density at radius 3 is 2.43 bits per heavy atom. The molecule has 0 unspecified atom stereocenters. The smallest absolute Gasteiger partial charge is 0.119 e. The van der Waals surface area contributed by atoms with Crippen molar-refractivity contribution >= 4 is 0 Å². The maximum Gasteiger partial charge on any atom is 0.119 e. The van der Waals surface area contributed by atoms with E-state index in [1.807, 2.05) is 44.2 Å². The lowest BCUT2D eigenvalue weighted by molar-refractivity contribution is 0.161. The fraction of sp³-hybridized carbons (Fsp3) is 0.400. The van der Waals surface area contributed by atoms with Gasteiger partial charge in [0.1, 0.15) is 11.4 Å². The topological polar surface area (TPSA) is 29.5 Å². The summed E-state index contributed by atoms with van der Waals surface area (Å²) >= 11 is 0. The quantitative estimate of drug-likeness (QED) is 0.814. The Bertz CT molecular complexity index is 672. The van der Waals surface area contributed by atoms with Gasteiger partial charge in [-0.25, -0.2) is 4.39 Å². The van der Waals surface area contributed by atoms with Gasteiger partial charge in [-0.2, -0.15) is 0 Å². The summed E-state index contributed by atoms with van der Waals surface area (Å²) in [6.45, 7) is 7.57. The van der Waals surface area contributed by atoms with Crippen LogP contribution in [0.3, 0.4) is 0 Å². The fourth-order valence-corrected chi connectivity index (χ4v) is 2.59. The zero-order chi connectivity index (χ0) is 17.0. The first-order valence-electron chi connectivity index (χ1n) is 7.94. The van der Waals surface area contributed by atoms with Gasteiger partial charge in [-0.05, 0) is 67.6 Å².